The first-order valence-corrected chi connectivity index (χ1v) is 4.93. The Morgan fingerprint density at radius 3 is 2.11 bits per heavy atom. The maximum atomic E-state index is 12.3. The summed E-state index contributed by atoms with van der Waals surface area (Å²) in [5.74, 6) is 0. The zero-order valence-electron chi connectivity index (χ0n) is 9.01. The van der Waals surface area contributed by atoms with Crippen molar-refractivity contribution in [3.05, 3.63) is 24.3 Å². The lowest BCUT2D eigenvalue weighted by atomic mass is 10.3. The largest absolute Gasteiger partial charge is 0.442 e. The van der Waals surface area contributed by atoms with Gasteiger partial charge in [0.25, 0.3) is 12.1 Å². The van der Waals surface area contributed by atoms with Crippen LogP contribution in [0.15, 0.2) is 24.3 Å². The Balaban J connectivity index is 2.31. The van der Waals surface area contributed by atoms with Gasteiger partial charge in [-0.05, 0) is 12.1 Å². The van der Waals surface area contributed by atoms with Gasteiger partial charge in [-0.15, -0.1) is 0 Å². The maximum absolute atomic E-state index is 12.3. The van der Waals surface area contributed by atoms with Crippen LogP contribution in [0.4, 0.5) is 26.3 Å². The van der Waals surface area contributed by atoms with Crippen LogP contribution in [-0.2, 0) is 0 Å². The van der Waals surface area contributed by atoms with Crippen LogP contribution in [0.25, 0.3) is 11.0 Å². The van der Waals surface area contributed by atoms with E-state index in [0.29, 0.717) is 0 Å². The number of halogens is 6. The lowest BCUT2D eigenvalue weighted by Crippen LogP contribution is -2.46. The number of alkyl halides is 6. The third-order valence-electron chi connectivity index (χ3n) is 2.19. The van der Waals surface area contributed by atoms with E-state index in [9.17, 15) is 26.3 Å². The standard InChI is InChI=1S/C10H6F6N2O/c11-9(12,13)7(10(14,15)16)19-8-17-5-3-1-2-4-6(5)18-8/h1-4,7H,(H,17,18). The van der Waals surface area contributed by atoms with Gasteiger partial charge in [0, 0.05) is 0 Å². The first kappa shape index (κ1) is 13.5. The fourth-order valence-electron chi connectivity index (χ4n) is 1.42. The topological polar surface area (TPSA) is 37.9 Å². The van der Waals surface area contributed by atoms with Crippen molar-refractivity contribution in [2.75, 3.05) is 0 Å². The average molecular weight is 284 g/mol. The quantitative estimate of drug-likeness (QED) is 0.858. The summed E-state index contributed by atoms with van der Waals surface area (Å²) in [6.45, 7) is 0. The smallest absolute Gasteiger partial charge is 0.434 e. The fraction of sp³-hybridized carbons (Fsp3) is 0.300. The Bertz CT molecular complexity index is 526. The van der Waals surface area contributed by atoms with Crippen LogP contribution in [0.1, 0.15) is 0 Å². The Labute approximate surface area is 102 Å². The van der Waals surface area contributed by atoms with Gasteiger partial charge in [0.15, 0.2) is 0 Å². The summed E-state index contributed by atoms with van der Waals surface area (Å²) < 4.78 is 77.5. The van der Waals surface area contributed by atoms with Crippen molar-refractivity contribution < 1.29 is 31.1 Å². The van der Waals surface area contributed by atoms with Gasteiger partial charge in [0.1, 0.15) is 0 Å². The van der Waals surface area contributed by atoms with Gasteiger partial charge in [-0.3, -0.25) is 0 Å². The minimum atomic E-state index is -5.57. The monoisotopic (exact) mass is 284 g/mol. The number of para-hydroxylation sites is 2. The number of benzene rings is 1. The van der Waals surface area contributed by atoms with Crippen LogP contribution in [0.2, 0.25) is 0 Å². The first-order valence-electron chi connectivity index (χ1n) is 4.93. The molecule has 0 unspecified atom stereocenters. The van der Waals surface area contributed by atoms with E-state index in [-0.39, 0.29) is 11.0 Å². The van der Waals surface area contributed by atoms with Crippen molar-refractivity contribution in [1.82, 2.24) is 9.97 Å². The van der Waals surface area contributed by atoms with Gasteiger partial charge in [-0.2, -0.15) is 31.3 Å². The van der Waals surface area contributed by atoms with E-state index in [2.05, 4.69) is 14.7 Å². The van der Waals surface area contributed by atoms with E-state index in [1.165, 1.54) is 18.2 Å². The minimum absolute atomic E-state index is 0.209. The van der Waals surface area contributed by atoms with Crippen LogP contribution in [0.5, 0.6) is 6.01 Å². The first-order chi connectivity index (χ1) is 8.68. The summed E-state index contributed by atoms with van der Waals surface area (Å²) in [5, 5.41) is 0. The normalized spacial score (nSPS) is 13.2. The molecule has 1 aromatic heterocycles. The third kappa shape index (κ3) is 2.91. The van der Waals surface area contributed by atoms with Crippen molar-refractivity contribution in [3.8, 4) is 6.01 Å². The molecule has 0 saturated heterocycles. The van der Waals surface area contributed by atoms with Crippen molar-refractivity contribution >= 4 is 11.0 Å². The van der Waals surface area contributed by atoms with Crippen LogP contribution in [-0.4, -0.2) is 28.4 Å². The highest BCUT2D eigenvalue weighted by molar-refractivity contribution is 5.75. The summed E-state index contributed by atoms with van der Waals surface area (Å²) in [4.78, 5) is 5.74. The molecule has 19 heavy (non-hydrogen) atoms. The molecule has 9 heteroatoms. The highest BCUT2D eigenvalue weighted by atomic mass is 19.4. The molecular formula is C10H6F6N2O. The van der Waals surface area contributed by atoms with Gasteiger partial charge < -0.3 is 9.72 Å². The van der Waals surface area contributed by atoms with Gasteiger partial charge in [-0.1, -0.05) is 12.1 Å². The molecule has 3 nitrogen and oxygen atoms in total. The van der Waals surface area contributed by atoms with Crippen LogP contribution >= 0.6 is 0 Å². The zero-order chi connectivity index (χ0) is 14.3. The van der Waals surface area contributed by atoms with E-state index in [4.69, 9.17) is 0 Å². The Kier molecular flexibility index (Phi) is 3.07. The molecule has 0 atom stereocenters. The molecule has 1 N–H and O–H groups in total. The lowest BCUT2D eigenvalue weighted by molar-refractivity contribution is -0.301. The third-order valence-corrected chi connectivity index (χ3v) is 2.19. The average Bonchev–Trinajstić information content (AvgIpc) is 2.65. The molecule has 0 saturated carbocycles. The summed E-state index contributed by atoms with van der Waals surface area (Å²) in [6.07, 6.45) is -15.1. The van der Waals surface area contributed by atoms with Gasteiger partial charge in [0.05, 0.1) is 11.0 Å². The molecule has 0 aliphatic carbocycles. The molecule has 0 radical (unpaired) electrons. The number of aromatic nitrogens is 2. The SMILES string of the molecule is FC(F)(F)C(Oc1nc2ccccc2[nH]1)C(F)(F)F. The van der Waals surface area contributed by atoms with Crippen molar-refractivity contribution in [2.45, 2.75) is 18.5 Å². The number of rotatable bonds is 2. The second kappa shape index (κ2) is 4.32. The van der Waals surface area contributed by atoms with Gasteiger partial charge >= 0.3 is 12.4 Å². The molecule has 104 valence electrons. The second-order valence-electron chi connectivity index (χ2n) is 3.64. The molecule has 0 fully saturated rings. The van der Waals surface area contributed by atoms with E-state index in [1.807, 2.05) is 0 Å². The predicted molar refractivity (Wildman–Crippen MR) is 52.6 cm³/mol. The number of hydrogen-bond donors (Lipinski definition) is 1. The number of aromatic amines is 1. The highest BCUT2D eigenvalue weighted by Crippen LogP contribution is 2.36. The molecular weight excluding hydrogens is 278 g/mol. The predicted octanol–water partition coefficient (Wildman–Crippen LogP) is 3.43. The van der Waals surface area contributed by atoms with Crippen LogP contribution < -0.4 is 4.74 Å². The Hall–Kier alpha value is -1.93. The molecule has 0 aliphatic rings. The Morgan fingerprint density at radius 1 is 1.00 bits per heavy atom. The summed E-state index contributed by atoms with van der Waals surface area (Å²) in [6, 6.07) is 5.13. The van der Waals surface area contributed by atoms with Crippen molar-refractivity contribution in [3.63, 3.8) is 0 Å². The minimum Gasteiger partial charge on any atom is -0.442 e. The number of fused-ring (bicyclic) bond motifs is 1. The molecule has 2 aromatic rings. The number of ether oxygens (including phenoxy) is 1. The lowest BCUT2D eigenvalue weighted by Gasteiger charge is -2.22. The maximum Gasteiger partial charge on any atom is 0.434 e. The highest BCUT2D eigenvalue weighted by Gasteiger charge is 2.59. The second-order valence-corrected chi connectivity index (χ2v) is 3.64. The van der Waals surface area contributed by atoms with E-state index < -0.39 is 24.5 Å². The number of nitrogens with one attached hydrogen (secondary N) is 1. The molecule has 0 bridgehead atoms. The number of H-pyrrole nitrogens is 1. The number of imidazole rings is 1. The van der Waals surface area contributed by atoms with Crippen molar-refractivity contribution in [2.24, 2.45) is 0 Å². The molecule has 0 amide bonds. The fourth-order valence-corrected chi connectivity index (χ4v) is 1.42. The molecule has 1 aromatic carbocycles. The summed E-state index contributed by atoms with van der Waals surface area (Å²) in [7, 11) is 0. The van der Waals surface area contributed by atoms with Crippen LogP contribution in [0, 0.1) is 0 Å². The summed E-state index contributed by atoms with van der Waals surface area (Å²) in [5.41, 5.74) is 0.487. The van der Waals surface area contributed by atoms with E-state index >= 15 is 0 Å². The van der Waals surface area contributed by atoms with E-state index in [1.54, 1.807) is 6.07 Å². The molecule has 1 heterocycles. The molecule has 0 spiro atoms. The molecule has 0 aliphatic heterocycles. The number of hydrogen-bond acceptors (Lipinski definition) is 2. The van der Waals surface area contributed by atoms with Gasteiger partial charge in [0.2, 0.25) is 0 Å². The van der Waals surface area contributed by atoms with Crippen LogP contribution in [0.3, 0.4) is 0 Å². The van der Waals surface area contributed by atoms with Gasteiger partial charge in [-0.25, -0.2) is 0 Å². The molecule has 2 rings (SSSR count). The summed E-state index contributed by atoms with van der Waals surface area (Å²) >= 11 is 0. The van der Waals surface area contributed by atoms with E-state index in [0.717, 1.165) is 0 Å². The number of nitrogens with zero attached hydrogens (tertiary/aromatic N) is 1. The zero-order valence-corrected chi connectivity index (χ0v) is 9.01. The van der Waals surface area contributed by atoms with Crippen molar-refractivity contribution in [1.29, 1.82) is 0 Å². The Morgan fingerprint density at radius 2 is 1.58 bits per heavy atom.